The summed E-state index contributed by atoms with van der Waals surface area (Å²) >= 11 is 0. The number of carbonyl (C=O) groups excluding carboxylic acids is 1. The van der Waals surface area contributed by atoms with Crippen molar-refractivity contribution in [3.8, 4) is 5.75 Å². The maximum Gasteiger partial charge on any atom is 0.387 e. The molecule has 0 heterocycles. The van der Waals surface area contributed by atoms with Crippen LogP contribution in [0.25, 0.3) is 0 Å². The third-order valence-electron chi connectivity index (χ3n) is 3.78. The highest BCUT2D eigenvalue weighted by atomic mass is 19.3. The minimum atomic E-state index is -2.88. The number of ether oxygens (including phenoxy) is 1. The minimum absolute atomic E-state index is 0.0446. The van der Waals surface area contributed by atoms with Gasteiger partial charge in [-0.2, -0.15) is 8.78 Å². The molecule has 1 aromatic carbocycles. The van der Waals surface area contributed by atoms with Gasteiger partial charge in [-0.3, -0.25) is 4.79 Å². The van der Waals surface area contributed by atoms with Gasteiger partial charge in [-0.05, 0) is 50.3 Å². The Labute approximate surface area is 122 Å². The number of rotatable bonds is 5. The Morgan fingerprint density at radius 1 is 1.38 bits per heavy atom. The molecule has 2 rings (SSSR count). The SMILES string of the molecule is CC(NC(=O)C1(O)CCCC1)c1cccc(OC(F)F)c1. The zero-order valence-corrected chi connectivity index (χ0v) is 11.8. The lowest BCUT2D eigenvalue weighted by Gasteiger charge is -2.24. The van der Waals surface area contributed by atoms with Crippen molar-refractivity contribution >= 4 is 5.91 Å². The highest BCUT2D eigenvalue weighted by Crippen LogP contribution is 2.30. The molecule has 21 heavy (non-hydrogen) atoms. The summed E-state index contributed by atoms with van der Waals surface area (Å²) in [6.07, 6.45) is 2.58. The van der Waals surface area contributed by atoms with E-state index in [9.17, 15) is 18.7 Å². The lowest BCUT2D eigenvalue weighted by molar-refractivity contribution is -0.139. The van der Waals surface area contributed by atoms with Crippen LogP contribution >= 0.6 is 0 Å². The predicted molar refractivity (Wildman–Crippen MR) is 73.0 cm³/mol. The number of benzene rings is 1. The first-order valence-electron chi connectivity index (χ1n) is 6.99. The normalized spacial score (nSPS) is 18.5. The molecule has 1 atom stereocenters. The van der Waals surface area contributed by atoms with Crippen molar-refractivity contribution in [3.63, 3.8) is 0 Å². The minimum Gasteiger partial charge on any atom is -0.435 e. The highest BCUT2D eigenvalue weighted by Gasteiger charge is 2.39. The Morgan fingerprint density at radius 2 is 2.05 bits per heavy atom. The van der Waals surface area contributed by atoms with Gasteiger partial charge < -0.3 is 15.2 Å². The molecule has 0 radical (unpaired) electrons. The lowest BCUT2D eigenvalue weighted by atomic mass is 10.00. The Balaban J connectivity index is 2.02. The van der Waals surface area contributed by atoms with Gasteiger partial charge in [0.25, 0.3) is 5.91 Å². The summed E-state index contributed by atoms with van der Waals surface area (Å²) < 4.78 is 28.7. The number of hydrogen-bond donors (Lipinski definition) is 2. The standard InChI is InChI=1S/C15H19F2NO3/c1-10(18-13(19)15(20)7-2-3-8-15)11-5-4-6-12(9-11)21-14(16)17/h4-6,9-10,14,20H,2-3,7-8H2,1H3,(H,18,19). The van der Waals surface area contributed by atoms with Crippen LogP contribution in [-0.4, -0.2) is 23.2 Å². The van der Waals surface area contributed by atoms with Crippen molar-refractivity contribution in [2.75, 3.05) is 0 Å². The van der Waals surface area contributed by atoms with E-state index in [0.717, 1.165) is 12.8 Å². The van der Waals surface area contributed by atoms with Gasteiger partial charge in [0.05, 0.1) is 6.04 Å². The Bertz CT molecular complexity index is 501. The van der Waals surface area contributed by atoms with E-state index in [1.165, 1.54) is 12.1 Å². The molecule has 1 aliphatic rings. The number of amides is 1. The van der Waals surface area contributed by atoms with E-state index >= 15 is 0 Å². The van der Waals surface area contributed by atoms with Crippen molar-refractivity contribution in [1.82, 2.24) is 5.32 Å². The van der Waals surface area contributed by atoms with Crippen LogP contribution in [0.3, 0.4) is 0 Å². The number of halogens is 2. The Kier molecular flexibility index (Phi) is 4.77. The summed E-state index contributed by atoms with van der Waals surface area (Å²) in [4.78, 5) is 12.1. The van der Waals surface area contributed by atoms with E-state index < -0.39 is 24.2 Å². The molecular formula is C15H19F2NO3. The summed E-state index contributed by atoms with van der Waals surface area (Å²) in [6.45, 7) is -1.15. The fourth-order valence-electron chi connectivity index (χ4n) is 2.56. The predicted octanol–water partition coefficient (Wildman–Crippen LogP) is 2.77. The topological polar surface area (TPSA) is 58.6 Å². The molecule has 0 aliphatic heterocycles. The van der Waals surface area contributed by atoms with Gasteiger partial charge in [-0.25, -0.2) is 0 Å². The molecule has 0 bridgehead atoms. The molecule has 1 aliphatic carbocycles. The first-order chi connectivity index (χ1) is 9.90. The van der Waals surface area contributed by atoms with Gasteiger partial charge in [-0.15, -0.1) is 0 Å². The zero-order chi connectivity index (χ0) is 15.5. The third-order valence-corrected chi connectivity index (χ3v) is 3.78. The largest absolute Gasteiger partial charge is 0.435 e. The Morgan fingerprint density at radius 3 is 2.67 bits per heavy atom. The van der Waals surface area contributed by atoms with Gasteiger partial charge in [0.1, 0.15) is 11.4 Å². The maximum absolute atomic E-state index is 12.2. The fourth-order valence-corrected chi connectivity index (χ4v) is 2.56. The Hall–Kier alpha value is -1.69. The number of alkyl halides is 2. The molecule has 1 unspecified atom stereocenters. The van der Waals surface area contributed by atoms with Gasteiger partial charge in [-0.1, -0.05) is 12.1 Å². The summed E-state index contributed by atoms with van der Waals surface area (Å²) in [6, 6.07) is 5.77. The zero-order valence-electron chi connectivity index (χ0n) is 11.8. The molecule has 0 spiro atoms. The molecule has 1 saturated carbocycles. The van der Waals surface area contributed by atoms with Crippen LogP contribution in [0.15, 0.2) is 24.3 Å². The first kappa shape index (κ1) is 15.7. The van der Waals surface area contributed by atoms with Crippen LogP contribution < -0.4 is 10.1 Å². The smallest absolute Gasteiger partial charge is 0.387 e. The number of carbonyl (C=O) groups is 1. The highest BCUT2D eigenvalue weighted by molar-refractivity contribution is 5.85. The molecular weight excluding hydrogens is 280 g/mol. The van der Waals surface area contributed by atoms with Crippen molar-refractivity contribution in [1.29, 1.82) is 0 Å². The third kappa shape index (κ3) is 3.91. The maximum atomic E-state index is 12.2. The van der Waals surface area contributed by atoms with Crippen LogP contribution in [0.5, 0.6) is 5.75 Å². The molecule has 2 N–H and O–H groups in total. The summed E-state index contributed by atoms with van der Waals surface area (Å²) in [7, 11) is 0. The fraction of sp³-hybridized carbons (Fsp3) is 0.533. The summed E-state index contributed by atoms with van der Waals surface area (Å²) in [5, 5.41) is 12.9. The number of aliphatic hydroxyl groups is 1. The van der Waals surface area contributed by atoms with Crippen LogP contribution in [0, 0.1) is 0 Å². The van der Waals surface area contributed by atoms with Crippen molar-refractivity contribution in [2.24, 2.45) is 0 Å². The van der Waals surface area contributed by atoms with Crippen LogP contribution in [0.4, 0.5) is 8.78 Å². The average molecular weight is 299 g/mol. The first-order valence-corrected chi connectivity index (χ1v) is 6.99. The lowest BCUT2D eigenvalue weighted by Crippen LogP contribution is -2.45. The number of hydrogen-bond acceptors (Lipinski definition) is 3. The van der Waals surface area contributed by atoms with Crippen LogP contribution in [0.1, 0.15) is 44.2 Å². The second-order valence-corrected chi connectivity index (χ2v) is 5.38. The van der Waals surface area contributed by atoms with Gasteiger partial charge >= 0.3 is 6.61 Å². The van der Waals surface area contributed by atoms with Crippen LogP contribution in [-0.2, 0) is 4.79 Å². The molecule has 1 fully saturated rings. The second kappa shape index (κ2) is 6.39. The monoisotopic (exact) mass is 299 g/mol. The summed E-state index contributed by atoms with van der Waals surface area (Å²) in [5.41, 5.74) is -0.658. The van der Waals surface area contributed by atoms with E-state index in [-0.39, 0.29) is 5.75 Å². The van der Waals surface area contributed by atoms with Gasteiger partial charge in [0.15, 0.2) is 0 Å². The van der Waals surface area contributed by atoms with E-state index in [1.54, 1.807) is 19.1 Å². The van der Waals surface area contributed by atoms with E-state index in [1.807, 2.05) is 0 Å². The molecule has 0 saturated heterocycles. The summed E-state index contributed by atoms with van der Waals surface area (Å²) in [5.74, 6) is -0.365. The van der Waals surface area contributed by atoms with Crippen LogP contribution in [0.2, 0.25) is 0 Å². The van der Waals surface area contributed by atoms with Crippen molar-refractivity contribution in [2.45, 2.75) is 50.9 Å². The van der Waals surface area contributed by atoms with Gasteiger partial charge in [0, 0.05) is 0 Å². The quantitative estimate of drug-likeness (QED) is 0.879. The van der Waals surface area contributed by atoms with Gasteiger partial charge in [0.2, 0.25) is 0 Å². The second-order valence-electron chi connectivity index (χ2n) is 5.38. The van der Waals surface area contributed by atoms with E-state index in [4.69, 9.17) is 0 Å². The molecule has 6 heteroatoms. The molecule has 116 valence electrons. The molecule has 0 aromatic heterocycles. The van der Waals surface area contributed by atoms with Crippen molar-refractivity contribution in [3.05, 3.63) is 29.8 Å². The van der Waals surface area contributed by atoms with E-state index in [0.29, 0.717) is 18.4 Å². The van der Waals surface area contributed by atoms with Crippen molar-refractivity contribution < 1.29 is 23.4 Å². The molecule has 1 aromatic rings. The number of nitrogens with one attached hydrogen (secondary N) is 1. The average Bonchev–Trinajstić information content (AvgIpc) is 2.86. The molecule has 4 nitrogen and oxygen atoms in total. The molecule has 1 amide bonds. The van der Waals surface area contributed by atoms with E-state index in [2.05, 4.69) is 10.1 Å².